The SMILES string of the molecule is CNC(=O)COc1cc2cc(Cc3nc(N4CCC(F)CC4)ncc3Cl)ccc2n(C(C)C)c1=O. The molecule has 8 nitrogen and oxygen atoms in total. The summed E-state index contributed by atoms with van der Waals surface area (Å²) in [4.78, 5) is 35.6. The molecule has 3 heterocycles. The third-order valence-corrected chi connectivity index (χ3v) is 6.42. The number of likely N-dealkylation sites (N-methyl/N-ethyl adjacent to an activating group) is 1. The van der Waals surface area contributed by atoms with Crippen LogP contribution in [0.25, 0.3) is 10.9 Å². The van der Waals surface area contributed by atoms with Gasteiger partial charge in [0, 0.05) is 38.0 Å². The number of halogens is 2. The van der Waals surface area contributed by atoms with E-state index >= 15 is 0 Å². The summed E-state index contributed by atoms with van der Waals surface area (Å²) in [5.41, 5.74) is 2.10. The Kier molecular flexibility index (Phi) is 7.54. The van der Waals surface area contributed by atoms with E-state index in [9.17, 15) is 14.0 Å². The molecule has 0 saturated carbocycles. The molecular formula is C25H29ClFN5O3. The topological polar surface area (TPSA) is 89.3 Å². The molecule has 1 aliphatic rings. The molecule has 0 radical (unpaired) electrons. The van der Waals surface area contributed by atoms with Crippen LogP contribution in [0.4, 0.5) is 10.3 Å². The van der Waals surface area contributed by atoms with Crippen LogP contribution >= 0.6 is 11.6 Å². The minimum absolute atomic E-state index is 0.105. The number of aromatic nitrogens is 3. The van der Waals surface area contributed by atoms with E-state index in [4.69, 9.17) is 16.3 Å². The summed E-state index contributed by atoms with van der Waals surface area (Å²) in [5, 5.41) is 3.74. The summed E-state index contributed by atoms with van der Waals surface area (Å²) < 4.78 is 20.7. The molecule has 0 aliphatic carbocycles. The van der Waals surface area contributed by atoms with Crippen molar-refractivity contribution in [1.29, 1.82) is 0 Å². The molecule has 186 valence electrons. The van der Waals surface area contributed by atoms with E-state index in [2.05, 4.69) is 15.3 Å². The van der Waals surface area contributed by atoms with Crippen molar-refractivity contribution in [2.24, 2.45) is 0 Å². The average Bonchev–Trinajstić information content (AvgIpc) is 2.84. The summed E-state index contributed by atoms with van der Waals surface area (Å²) >= 11 is 6.42. The highest BCUT2D eigenvalue weighted by atomic mass is 35.5. The quantitative estimate of drug-likeness (QED) is 0.531. The number of nitrogens with one attached hydrogen (secondary N) is 1. The number of hydrogen-bond acceptors (Lipinski definition) is 6. The second kappa shape index (κ2) is 10.6. The number of anilines is 1. The Morgan fingerprint density at radius 1 is 1.29 bits per heavy atom. The summed E-state index contributed by atoms with van der Waals surface area (Å²) in [6.45, 7) is 4.75. The molecule has 0 unspecified atom stereocenters. The van der Waals surface area contributed by atoms with Gasteiger partial charge in [0.2, 0.25) is 5.95 Å². The lowest BCUT2D eigenvalue weighted by Gasteiger charge is -2.28. The van der Waals surface area contributed by atoms with Crippen molar-refractivity contribution >= 4 is 34.4 Å². The van der Waals surface area contributed by atoms with Gasteiger partial charge in [0.15, 0.2) is 12.4 Å². The van der Waals surface area contributed by atoms with E-state index in [1.165, 1.54) is 7.05 Å². The molecule has 1 aliphatic heterocycles. The lowest BCUT2D eigenvalue weighted by atomic mass is 10.1. The van der Waals surface area contributed by atoms with Crippen LogP contribution in [0.3, 0.4) is 0 Å². The highest BCUT2D eigenvalue weighted by molar-refractivity contribution is 6.31. The fraction of sp³-hybridized carbons (Fsp3) is 0.440. The maximum Gasteiger partial charge on any atom is 0.293 e. The highest BCUT2D eigenvalue weighted by Crippen LogP contribution is 2.26. The third-order valence-electron chi connectivity index (χ3n) is 6.10. The largest absolute Gasteiger partial charge is 0.478 e. The molecule has 1 fully saturated rings. The number of alkyl halides is 1. The number of benzene rings is 1. The molecule has 1 amide bonds. The monoisotopic (exact) mass is 501 g/mol. The molecule has 0 atom stereocenters. The fourth-order valence-corrected chi connectivity index (χ4v) is 4.38. The van der Waals surface area contributed by atoms with Crippen LogP contribution in [0.15, 0.2) is 35.3 Å². The van der Waals surface area contributed by atoms with E-state index in [0.29, 0.717) is 49.0 Å². The van der Waals surface area contributed by atoms with Crippen LogP contribution in [-0.4, -0.2) is 53.4 Å². The van der Waals surface area contributed by atoms with Gasteiger partial charge in [-0.3, -0.25) is 9.59 Å². The van der Waals surface area contributed by atoms with Crippen molar-refractivity contribution in [3.05, 3.63) is 57.1 Å². The number of piperidine rings is 1. The Labute approximate surface area is 208 Å². The van der Waals surface area contributed by atoms with E-state index in [-0.39, 0.29) is 29.9 Å². The van der Waals surface area contributed by atoms with Gasteiger partial charge in [0.1, 0.15) is 6.17 Å². The zero-order chi connectivity index (χ0) is 25.1. The van der Waals surface area contributed by atoms with Crippen molar-refractivity contribution in [3.63, 3.8) is 0 Å². The van der Waals surface area contributed by atoms with Crippen LogP contribution in [0.5, 0.6) is 5.75 Å². The standard InChI is InChI=1S/C25H29ClFN5O3/c1-15(2)32-21-5-4-16(10-17(21)12-22(24(32)34)35-14-23(33)28-3)11-20-19(26)13-29-25(30-20)31-8-6-18(27)7-9-31/h4-5,10,12-13,15,18H,6-9,11,14H2,1-3H3,(H,28,33). The van der Waals surface area contributed by atoms with E-state index in [0.717, 1.165) is 16.5 Å². The Hall–Kier alpha value is -3.20. The smallest absolute Gasteiger partial charge is 0.293 e. The van der Waals surface area contributed by atoms with Gasteiger partial charge < -0.3 is 19.5 Å². The Morgan fingerprint density at radius 2 is 2.03 bits per heavy atom. The van der Waals surface area contributed by atoms with Gasteiger partial charge in [-0.1, -0.05) is 17.7 Å². The van der Waals surface area contributed by atoms with Crippen molar-refractivity contribution in [1.82, 2.24) is 19.9 Å². The van der Waals surface area contributed by atoms with Crippen molar-refractivity contribution in [2.75, 3.05) is 31.6 Å². The van der Waals surface area contributed by atoms with Gasteiger partial charge in [-0.05, 0) is 50.5 Å². The average molecular weight is 502 g/mol. The first-order valence-electron chi connectivity index (χ1n) is 11.7. The summed E-state index contributed by atoms with van der Waals surface area (Å²) in [6, 6.07) is 7.37. The molecule has 0 spiro atoms. The number of rotatable bonds is 7. The van der Waals surface area contributed by atoms with Crippen molar-refractivity contribution < 1.29 is 13.9 Å². The minimum atomic E-state index is -0.774. The summed E-state index contributed by atoms with van der Waals surface area (Å²) in [6.07, 6.45) is 2.20. The summed E-state index contributed by atoms with van der Waals surface area (Å²) in [7, 11) is 1.51. The van der Waals surface area contributed by atoms with Gasteiger partial charge >= 0.3 is 0 Å². The molecule has 1 N–H and O–H groups in total. The number of carbonyl (C=O) groups excluding carboxylic acids is 1. The van der Waals surface area contributed by atoms with E-state index in [1.54, 1.807) is 16.8 Å². The lowest BCUT2D eigenvalue weighted by molar-refractivity contribution is -0.122. The Bertz CT molecular complexity index is 1290. The van der Waals surface area contributed by atoms with Crippen LogP contribution < -0.4 is 20.5 Å². The molecule has 2 aromatic heterocycles. The predicted octanol–water partition coefficient (Wildman–Crippen LogP) is 3.68. The number of nitrogens with zero attached hydrogens (tertiary/aromatic N) is 4. The zero-order valence-electron chi connectivity index (χ0n) is 20.1. The molecule has 3 aromatic rings. The van der Waals surface area contributed by atoms with Gasteiger partial charge in [-0.2, -0.15) is 0 Å². The summed E-state index contributed by atoms with van der Waals surface area (Å²) in [5.74, 6) is 0.348. The molecule has 1 aromatic carbocycles. The molecule has 35 heavy (non-hydrogen) atoms. The third kappa shape index (κ3) is 5.56. The molecular weight excluding hydrogens is 473 g/mol. The number of pyridine rings is 1. The number of hydrogen-bond donors (Lipinski definition) is 1. The normalized spacial score (nSPS) is 14.5. The molecule has 1 saturated heterocycles. The predicted molar refractivity (Wildman–Crippen MR) is 134 cm³/mol. The van der Waals surface area contributed by atoms with E-state index < -0.39 is 6.17 Å². The van der Waals surface area contributed by atoms with Gasteiger partial charge in [-0.15, -0.1) is 0 Å². The second-order valence-corrected chi connectivity index (χ2v) is 9.34. The number of ether oxygens (including phenoxy) is 1. The first kappa shape index (κ1) is 24.9. The molecule has 0 bridgehead atoms. The zero-order valence-corrected chi connectivity index (χ0v) is 20.8. The Morgan fingerprint density at radius 3 is 2.71 bits per heavy atom. The number of carbonyl (C=O) groups is 1. The van der Waals surface area contributed by atoms with Crippen LogP contribution in [0, 0.1) is 0 Å². The number of amides is 1. The highest BCUT2D eigenvalue weighted by Gasteiger charge is 2.21. The van der Waals surface area contributed by atoms with Gasteiger partial charge in [0.25, 0.3) is 11.5 Å². The van der Waals surface area contributed by atoms with Crippen LogP contribution in [-0.2, 0) is 11.2 Å². The minimum Gasteiger partial charge on any atom is -0.478 e. The van der Waals surface area contributed by atoms with Gasteiger partial charge in [0.05, 0.1) is 22.4 Å². The first-order chi connectivity index (χ1) is 16.8. The van der Waals surface area contributed by atoms with Gasteiger partial charge in [-0.25, -0.2) is 14.4 Å². The van der Waals surface area contributed by atoms with E-state index in [1.807, 2.05) is 36.9 Å². The van der Waals surface area contributed by atoms with Crippen molar-refractivity contribution in [2.45, 2.75) is 45.3 Å². The maximum absolute atomic E-state index is 13.5. The number of fused-ring (bicyclic) bond motifs is 1. The fourth-order valence-electron chi connectivity index (χ4n) is 4.22. The molecule has 10 heteroatoms. The molecule has 4 rings (SSSR count). The van der Waals surface area contributed by atoms with Crippen LogP contribution in [0.2, 0.25) is 5.02 Å². The Balaban J connectivity index is 1.66. The lowest BCUT2D eigenvalue weighted by Crippen LogP contribution is -2.35. The maximum atomic E-state index is 13.5. The van der Waals surface area contributed by atoms with Crippen molar-refractivity contribution in [3.8, 4) is 5.75 Å². The first-order valence-corrected chi connectivity index (χ1v) is 12.1. The second-order valence-electron chi connectivity index (χ2n) is 8.94. The van der Waals surface area contributed by atoms with Crippen LogP contribution in [0.1, 0.15) is 44.0 Å².